The van der Waals surface area contributed by atoms with Gasteiger partial charge in [0.2, 0.25) is 5.79 Å². The van der Waals surface area contributed by atoms with Crippen LogP contribution in [0.4, 0.5) is 0 Å². The predicted octanol–water partition coefficient (Wildman–Crippen LogP) is -0.175. The summed E-state index contributed by atoms with van der Waals surface area (Å²) in [6, 6.07) is 0. The van der Waals surface area contributed by atoms with Crippen LogP contribution in [0.25, 0.3) is 0 Å². The van der Waals surface area contributed by atoms with Crippen LogP contribution in [0.3, 0.4) is 0 Å². The van der Waals surface area contributed by atoms with Crippen LogP contribution in [0.5, 0.6) is 0 Å². The Morgan fingerprint density at radius 2 is 2.13 bits per heavy atom. The third kappa shape index (κ3) is 1.77. The number of halogens is 1. The van der Waals surface area contributed by atoms with E-state index in [0.717, 1.165) is 0 Å². The molecule has 4 atom stereocenters. The van der Waals surface area contributed by atoms with Gasteiger partial charge in [0.15, 0.2) is 5.79 Å². The Labute approximate surface area is 92.9 Å². The lowest BCUT2D eigenvalue weighted by Gasteiger charge is -2.39. The van der Waals surface area contributed by atoms with Crippen molar-refractivity contribution < 1.29 is 24.4 Å². The van der Waals surface area contributed by atoms with E-state index >= 15 is 0 Å². The van der Waals surface area contributed by atoms with Crippen LogP contribution in [0.1, 0.15) is 13.8 Å². The van der Waals surface area contributed by atoms with Crippen LogP contribution in [-0.4, -0.2) is 52.6 Å². The molecule has 0 saturated carbocycles. The molecule has 0 aromatic carbocycles. The highest BCUT2D eigenvalue weighted by atomic mass is 35.5. The topological polar surface area (TPSA) is 68.2 Å². The number of aliphatic hydroxyl groups excluding tert-OH is 2. The summed E-state index contributed by atoms with van der Waals surface area (Å²) in [5, 5.41) is 18.6. The lowest BCUT2D eigenvalue weighted by Crippen LogP contribution is -2.59. The summed E-state index contributed by atoms with van der Waals surface area (Å²) in [5.74, 6) is -2.18. The van der Waals surface area contributed by atoms with Gasteiger partial charge in [0, 0.05) is 0 Å². The average molecular weight is 239 g/mol. The van der Waals surface area contributed by atoms with Crippen molar-refractivity contribution in [1.82, 2.24) is 0 Å². The Morgan fingerprint density at radius 3 is 2.73 bits per heavy atom. The van der Waals surface area contributed by atoms with Crippen molar-refractivity contribution in [2.24, 2.45) is 0 Å². The minimum absolute atomic E-state index is 0.124. The molecule has 0 aromatic heterocycles. The van der Waals surface area contributed by atoms with E-state index in [0.29, 0.717) is 0 Å². The Bertz CT molecular complexity index is 259. The first kappa shape index (κ1) is 11.6. The molecule has 0 amide bonds. The van der Waals surface area contributed by atoms with Gasteiger partial charge in [-0.3, -0.25) is 0 Å². The van der Waals surface area contributed by atoms with Crippen LogP contribution in [0, 0.1) is 0 Å². The Hall–Kier alpha value is 0.0900. The number of aliphatic hydroxyl groups is 2. The molecule has 2 N–H and O–H groups in total. The van der Waals surface area contributed by atoms with Crippen molar-refractivity contribution in [2.75, 3.05) is 13.2 Å². The molecule has 0 unspecified atom stereocenters. The molecule has 2 rings (SSSR count). The lowest BCUT2D eigenvalue weighted by atomic mass is 9.99. The van der Waals surface area contributed by atoms with Crippen molar-refractivity contribution in [2.45, 2.75) is 43.0 Å². The second kappa shape index (κ2) is 3.55. The van der Waals surface area contributed by atoms with E-state index in [4.69, 9.17) is 25.8 Å². The second-order valence-electron chi connectivity index (χ2n) is 4.33. The lowest BCUT2D eigenvalue weighted by molar-refractivity contribution is -0.286. The predicted molar refractivity (Wildman–Crippen MR) is 51.5 cm³/mol. The first-order chi connectivity index (χ1) is 6.90. The molecule has 2 fully saturated rings. The fraction of sp³-hybridized carbons (Fsp3) is 1.00. The van der Waals surface area contributed by atoms with Gasteiger partial charge in [0.1, 0.15) is 18.8 Å². The van der Waals surface area contributed by atoms with Crippen LogP contribution < -0.4 is 0 Å². The van der Waals surface area contributed by atoms with Crippen molar-refractivity contribution in [1.29, 1.82) is 0 Å². The van der Waals surface area contributed by atoms with Gasteiger partial charge in [0.05, 0.1) is 12.0 Å². The summed E-state index contributed by atoms with van der Waals surface area (Å²) in [7, 11) is 0. The largest absolute Gasteiger partial charge is 0.391 e. The molecule has 15 heavy (non-hydrogen) atoms. The van der Waals surface area contributed by atoms with E-state index in [1.807, 2.05) is 0 Å². The van der Waals surface area contributed by atoms with Gasteiger partial charge in [-0.1, -0.05) is 0 Å². The highest BCUT2D eigenvalue weighted by Gasteiger charge is 2.60. The van der Waals surface area contributed by atoms with Gasteiger partial charge in [-0.2, -0.15) is 0 Å². The normalized spacial score (nSPS) is 49.0. The van der Waals surface area contributed by atoms with Gasteiger partial charge >= 0.3 is 0 Å². The number of hydrogen-bond donors (Lipinski definition) is 2. The summed E-state index contributed by atoms with van der Waals surface area (Å²) >= 11 is 5.85. The number of hydrogen-bond acceptors (Lipinski definition) is 5. The zero-order chi connectivity index (χ0) is 11.3. The number of alkyl halides is 1. The first-order valence-corrected chi connectivity index (χ1v) is 5.29. The summed E-state index contributed by atoms with van der Waals surface area (Å²) in [5.41, 5.74) is 0. The van der Waals surface area contributed by atoms with E-state index < -0.39 is 29.2 Å². The molecule has 6 heteroatoms. The minimum atomic E-state index is -1.28. The Balaban J connectivity index is 2.27. The molecule has 0 aromatic rings. The van der Waals surface area contributed by atoms with Gasteiger partial charge in [-0.25, -0.2) is 0 Å². The molecular weight excluding hydrogens is 224 g/mol. The van der Waals surface area contributed by atoms with Gasteiger partial charge in [-0.15, -0.1) is 11.6 Å². The fourth-order valence-corrected chi connectivity index (χ4v) is 2.21. The molecule has 2 aliphatic rings. The summed E-state index contributed by atoms with van der Waals surface area (Å²) in [6.45, 7) is 3.14. The van der Waals surface area contributed by atoms with Crippen molar-refractivity contribution in [3.63, 3.8) is 0 Å². The maximum Gasteiger partial charge on any atom is 0.224 e. The van der Waals surface area contributed by atoms with Gasteiger partial charge in [-0.05, 0) is 13.8 Å². The van der Waals surface area contributed by atoms with E-state index in [9.17, 15) is 10.2 Å². The number of fused-ring (bicyclic) bond motifs is 1. The molecule has 0 radical (unpaired) electrons. The van der Waals surface area contributed by atoms with Crippen molar-refractivity contribution in [3.05, 3.63) is 0 Å². The average Bonchev–Trinajstić information content (AvgIpc) is 2.45. The molecule has 0 spiro atoms. The molecule has 88 valence electrons. The molecule has 5 nitrogen and oxygen atoms in total. The molecular formula is C9H15ClO5. The summed E-state index contributed by atoms with van der Waals surface area (Å²) in [4.78, 5) is 0. The van der Waals surface area contributed by atoms with Gasteiger partial charge < -0.3 is 24.4 Å². The number of ether oxygens (including phenoxy) is 3. The highest BCUT2D eigenvalue weighted by molar-refractivity contribution is 6.21. The summed E-state index contributed by atoms with van der Waals surface area (Å²) in [6.07, 6.45) is -1.66. The SMILES string of the molecule is CC1(C)O[C@H]2[C@H](O)[C@@H](Cl)CO[C@@]2(CO)O1. The smallest absolute Gasteiger partial charge is 0.224 e. The van der Waals surface area contributed by atoms with E-state index in [2.05, 4.69) is 0 Å². The monoisotopic (exact) mass is 238 g/mol. The zero-order valence-electron chi connectivity index (χ0n) is 8.64. The maximum atomic E-state index is 9.85. The number of rotatable bonds is 1. The maximum absolute atomic E-state index is 9.85. The van der Waals surface area contributed by atoms with E-state index in [-0.39, 0.29) is 13.2 Å². The summed E-state index contributed by atoms with van der Waals surface area (Å²) < 4.78 is 16.4. The van der Waals surface area contributed by atoms with Crippen molar-refractivity contribution in [3.8, 4) is 0 Å². The first-order valence-electron chi connectivity index (χ1n) is 4.85. The van der Waals surface area contributed by atoms with Crippen LogP contribution >= 0.6 is 11.6 Å². The Kier molecular flexibility index (Phi) is 2.74. The minimum Gasteiger partial charge on any atom is -0.391 e. The fourth-order valence-electron chi connectivity index (χ4n) is 2.01. The van der Waals surface area contributed by atoms with Crippen LogP contribution in [-0.2, 0) is 14.2 Å². The zero-order valence-corrected chi connectivity index (χ0v) is 9.40. The molecule has 2 aliphatic heterocycles. The third-order valence-corrected chi connectivity index (χ3v) is 3.04. The highest BCUT2D eigenvalue weighted by Crippen LogP contribution is 2.42. The second-order valence-corrected chi connectivity index (χ2v) is 4.89. The molecule has 2 heterocycles. The Morgan fingerprint density at radius 1 is 1.47 bits per heavy atom. The van der Waals surface area contributed by atoms with E-state index in [1.54, 1.807) is 13.8 Å². The molecule has 2 saturated heterocycles. The van der Waals surface area contributed by atoms with Crippen molar-refractivity contribution >= 4 is 11.6 Å². The van der Waals surface area contributed by atoms with Gasteiger partial charge in [0.25, 0.3) is 0 Å². The van der Waals surface area contributed by atoms with E-state index in [1.165, 1.54) is 0 Å². The quantitative estimate of drug-likeness (QED) is 0.621. The van der Waals surface area contributed by atoms with Crippen LogP contribution in [0.15, 0.2) is 0 Å². The molecule has 0 aliphatic carbocycles. The molecule has 0 bridgehead atoms. The third-order valence-electron chi connectivity index (χ3n) is 2.65. The standard InChI is InChI=1S/C9H15ClO5/c1-8(2)14-7-6(12)5(10)3-13-9(7,4-11)15-8/h5-7,11-12H,3-4H2,1-2H3/t5-,6+,7-,9-/m0/s1. The van der Waals surface area contributed by atoms with Crippen LogP contribution in [0.2, 0.25) is 0 Å².